The first-order valence-electron chi connectivity index (χ1n) is 13.1. The average molecular weight is 649 g/mol. The van der Waals surface area contributed by atoms with Gasteiger partial charge in [-0.05, 0) is 31.5 Å². The Balaban J connectivity index is 0.00000461. The zero-order chi connectivity index (χ0) is 31.9. The Bertz CT molecular complexity index is 1810. The number of aliphatic carboxylic acids is 1. The molecule has 17 heteroatoms. The summed E-state index contributed by atoms with van der Waals surface area (Å²) in [5.41, 5.74) is -0.929. The van der Waals surface area contributed by atoms with Crippen molar-refractivity contribution < 1.29 is 72.5 Å². The molecule has 4 atom stereocenters. The molecule has 2 aromatic carbocycles. The smallest absolute Gasteiger partial charge is 0.548 e. The van der Waals surface area contributed by atoms with Crippen LogP contribution in [0.2, 0.25) is 0 Å². The number of hydrogen-bond donors (Lipinski definition) is 2. The number of para-hydroxylation sites is 1. The van der Waals surface area contributed by atoms with Crippen LogP contribution in [0.1, 0.15) is 25.5 Å². The molecule has 0 saturated carbocycles. The van der Waals surface area contributed by atoms with E-state index in [4.69, 9.17) is 9.15 Å². The molecule has 3 amide bonds. The Morgan fingerprint density at radius 1 is 1.07 bits per heavy atom. The minimum Gasteiger partial charge on any atom is -0.548 e. The Labute approximate surface area is 280 Å². The van der Waals surface area contributed by atoms with Crippen LogP contribution in [0.4, 0.5) is 4.79 Å². The van der Waals surface area contributed by atoms with E-state index in [0.717, 1.165) is 12.0 Å². The van der Waals surface area contributed by atoms with Crippen molar-refractivity contribution in [3.05, 3.63) is 75.0 Å². The molecule has 0 unspecified atom stereocenters. The van der Waals surface area contributed by atoms with Crippen LogP contribution in [-0.4, -0.2) is 68.6 Å². The number of methoxy groups -OCH3 is 1. The van der Waals surface area contributed by atoms with Crippen molar-refractivity contribution in [3.8, 4) is 5.75 Å². The second-order valence-electron chi connectivity index (χ2n) is 10.4. The van der Waals surface area contributed by atoms with Crippen molar-refractivity contribution in [3.63, 3.8) is 0 Å². The van der Waals surface area contributed by atoms with Gasteiger partial charge in [0.2, 0.25) is 17.7 Å². The summed E-state index contributed by atoms with van der Waals surface area (Å²) in [7, 11) is 1.07. The van der Waals surface area contributed by atoms with Gasteiger partial charge in [0.1, 0.15) is 24.0 Å². The fraction of sp³-hybridized carbons (Fsp3) is 0.321. The Morgan fingerprint density at radius 2 is 1.76 bits per heavy atom. The van der Waals surface area contributed by atoms with Gasteiger partial charge in [-0.25, -0.2) is 14.2 Å². The third kappa shape index (κ3) is 6.36. The first-order valence-corrected chi connectivity index (χ1v) is 14.0. The standard InChI is InChI=1S/C28H26N4O11S.Na/c1-28(2)20(25(37)38)32-23(36)18(24(32)44-28)30-21(34)17(13-8-5-4-6-9-13)29-16(33)12-31-22(35)14-10-7-11-15(42-27(40)41-3)19(14)43-26(31)39;/h4-11,17-18,20,24H,12H2,1-3H3,(H,29,33)(H,30,34)(H,37,38);/q;+1/p-1/t17-,18-,20+,24-;/m1./s1. The third-order valence-electron chi connectivity index (χ3n) is 7.19. The van der Waals surface area contributed by atoms with E-state index in [9.17, 15) is 38.7 Å². The molecule has 3 aromatic rings. The summed E-state index contributed by atoms with van der Waals surface area (Å²) in [5.74, 6) is -5.19. The zero-order valence-corrected chi connectivity index (χ0v) is 27.2. The van der Waals surface area contributed by atoms with E-state index in [1.807, 2.05) is 0 Å². The van der Waals surface area contributed by atoms with Crippen LogP contribution >= 0.6 is 11.8 Å². The Kier molecular flexibility index (Phi) is 9.82. The zero-order valence-electron chi connectivity index (χ0n) is 24.4. The molecule has 2 aliphatic rings. The molecule has 3 heterocycles. The van der Waals surface area contributed by atoms with Crippen LogP contribution in [-0.2, 0) is 30.5 Å². The van der Waals surface area contributed by atoms with Crippen LogP contribution in [0.3, 0.4) is 0 Å². The van der Waals surface area contributed by atoms with Crippen molar-refractivity contribution >= 4 is 52.6 Å². The van der Waals surface area contributed by atoms with Gasteiger partial charge in [0.25, 0.3) is 5.56 Å². The predicted octanol–water partition coefficient (Wildman–Crippen LogP) is -3.74. The van der Waals surface area contributed by atoms with Crippen molar-refractivity contribution in [2.45, 2.75) is 48.6 Å². The topological polar surface area (TPSA) is 206 Å². The van der Waals surface area contributed by atoms with Gasteiger partial charge in [-0.1, -0.05) is 36.4 Å². The van der Waals surface area contributed by atoms with E-state index < -0.39 is 76.0 Å². The number of nitrogens with one attached hydrogen (secondary N) is 2. The second kappa shape index (κ2) is 13.1. The van der Waals surface area contributed by atoms with E-state index in [-0.39, 0.29) is 46.3 Å². The minimum absolute atomic E-state index is 0. The number of thioether (sulfide) groups is 1. The van der Waals surface area contributed by atoms with Crippen molar-refractivity contribution in [2.75, 3.05) is 7.11 Å². The van der Waals surface area contributed by atoms with Crippen molar-refractivity contribution in [1.82, 2.24) is 20.1 Å². The van der Waals surface area contributed by atoms with Crippen LogP contribution in [0, 0.1) is 0 Å². The number of hydrogen-bond acceptors (Lipinski definition) is 12. The van der Waals surface area contributed by atoms with Gasteiger partial charge in [0.05, 0.1) is 24.5 Å². The number of carbonyl (C=O) groups excluding carboxylic acids is 5. The molecular formula is C28H25N4NaO11S. The summed E-state index contributed by atoms with van der Waals surface area (Å²) in [6.45, 7) is 2.48. The van der Waals surface area contributed by atoms with Gasteiger partial charge in [-0.15, -0.1) is 11.8 Å². The number of aromatic nitrogens is 1. The molecule has 1 aromatic heterocycles. The normalized spacial score (nSPS) is 20.2. The monoisotopic (exact) mass is 648 g/mol. The minimum atomic E-state index is -1.40. The molecule has 45 heavy (non-hydrogen) atoms. The molecular weight excluding hydrogens is 623 g/mol. The molecule has 0 radical (unpaired) electrons. The molecule has 2 aliphatic heterocycles. The van der Waals surface area contributed by atoms with Gasteiger partial charge >= 0.3 is 41.5 Å². The van der Waals surface area contributed by atoms with Crippen LogP contribution < -0.4 is 61.3 Å². The van der Waals surface area contributed by atoms with Gasteiger partial charge in [0, 0.05) is 4.75 Å². The fourth-order valence-corrected chi connectivity index (χ4v) is 6.79. The maximum absolute atomic E-state index is 13.5. The molecule has 15 nitrogen and oxygen atoms in total. The first kappa shape index (κ1) is 33.8. The number of rotatable bonds is 8. The van der Waals surface area contributed by atoms with Crippen molar-refractivity contribution in [1.29, 1.82) is 0 Å². The molecule has 0 bridgehead atoms. The maximum Gasteiger partial charge on any atom is 1.00 e. The van der Waals surface area contributed by atoms with Crippen molar-refractivity contribution in [2.24, 2.45) is 0 Å². The van der Waals surface area contributed by atoms with Crippen LogP contribution in [0.5, 0.6) is 5.75 Å². The van der Waals surface area contributed by atoms with E-state index in [2.05, 4.69) is 15.4 Å². The van der Waals surface area contributed by atoms with Gasteiger partial charge in [0.15, 0.2) is 11.3 Å². The molecule has 2 N–H and O–H groups in total. The number of fused-ring (bicyclic) bond motifs is 2. The van der Waals surface area contributed by atoms with E-state index in [1.165, 1.54) is 30.0 Å². The Morgan fingerprint density at radius 3 is 2.40 bits per heavy atom. The predicted molar refractivity (Wildman–Crippen MR) is 150 cm³/mol. The maximum atomic E-state index is 13.5. The van der Waals surface area contributed by atoms with Gasteiger partial charge < -0.3 is 39.3 Å². The second-order valence-corrected chi connectivity index (χ2v) is 12.2. The first-order chi connectivity index (χ1) is 20.8. The number of nitrogens with zero attached hydrogens (tertiary/aromatic N) is 2. The van der Waals surface area contributed by atoms with E-state index in [1.54, 1.807) is 44.2 Å². The van der Waals surface area contributed by atoms with Crippen LogP contribution in [0.25, 0.3) is 11.0 Å². The van der Waals surface area contributed by atoms with Gasteiger partial charge in [-0.3, -0.25) is 19.2 Å². The summed E-state index contributed by atoms with van der Waals surface area (Å²) in [4.78, 5) is 89.7. The number of carboxylic acids is 1. The molecule has 0 aliphatic carbocycles. The summed E-state index contributed by atoms with van der Waals surface area (Å²) in [5, 5.41) is 16.0. The summed E-state index contributed by atoms with van der Waals surface area (Å²) in [6.07, 6.45) is -1.11. The number of carboxylic acid groups (broad SMARTS) is 1. The van der Waals surface area contributed by atoms with Crippen LogP contribution in [0.15, 0.2) is 62.5 Å². The van der Waals surface area contributed by atoms with E-state index >= 15 is 0 Å². The Hall–Kier alpha value is -4.12. The SMILES string of the molecule is COC(=O)Oc1cccc2c(=O)n(CC(=O)N[C@@H](C(=O)N[C@@H]3C(=O)N4[C@@H]3SC(C)(C)[C@@H]4C(=O)[O-])c3ccccc3)c(=O)oc12.[Na+]. The molecule has 0 spiro atoms. The molecule has 2 saturated heterocycles. The number of carbonyl (C=O) groups is 5. The fourth-order valence-electron chi connectivity index (χ4n) is 5.17. The molecule has 230 valence electrons. The average Bonchev–Trinajstić information content (AvgIpc) is 3.25. The largest absolute Gasteiger partial charge is 1.00 e. The quantitative estimate of drug-likeness (QED) is 0.105. The summed E-state index contributed by atoms with van der Waals surface area (Å²) in [6, 6.07) is 8.37. The third-order valence-corrected chi connectivity index (χ3v) is 8.76. The molecule has 2 fully saturated rings. The number of benzene rings is 2. The van der Waals surface area contributed by atoms with E-state index in [0.29, 0.717) is 10.1 Å². The number of β-lactam (4-membered cyclic amide) rings is 1. The number of ether oxygens (including phenoxy) is 2. The summed E-state index contributed by atoms with van der Waals surface area (Å²) >= 11 is 1.20. The molecule has 5 rings (SSSR count). The van der Waals surface area contributed by atoms with Gasteiger partial charge in [-0.2, -0.15) is 0 Å². The summed E-state index contributed by atoms with van der Waals surface area (Å²) < 4.78 is 14.2. The number of amides is 3.